The molecule has 0 heterocycles. The summed E-state index contributed by atoms with van der Waals surface area (Å²) in [4.78, 5) is 0. The van der Waals surface area contributed by atoms with Gasteiger partial charge in [0.15, 0.2) is 0 Å². The molecule has 0 saturated carbocycles. The van der Waals surface area contributed by atoms with Gasteiger partial charge in [0.1, 0.15) is 0 Å². The summed E-state index contributed by atoms with van der Waals surface area (Å²) in [6, 6.07) is 41.9. The predicted molar refractivity (Wildman–Crippen MR) is 200 cm³/mol. The Morgan fingerprint density at radius 3 is 0.907 bits per heavy atom. The Bertz CT molecular complexity index is 1480. The Hall–Kier alpha value is -1.16. The topological polar surface area (TPSA) is 0 Å². The minimum Gasteiger partial charge on any atom is -0.0843 e. The first-order chi connectivity index (χ1) is 20.9. The van der Waals surface area contributed by atoms with Crippen LogP contribution >= 0.6 is 81.8 Å². The minimum absolute atomic E-state index is 0.399. The van der Waals surface area contributed by atoms with Gasteiger partial charge in [-0.25, -0.2) is 0 Å². The van der Waals surface area contributed by atoms with Crippen LogP contribution in [0.4, 0.5) is 0 Å². The third kappa shape index (κ3) is 9.67. The molecule has 0 spiro atoms. The van der Waals surface area contributed by atoms with Gasteiger partial charge in [0.25, 0.3) is 0 Å². The number of benzene rings is 5. The van der Waals surface area contributed by atoms with Gasteiger partial charge in [0, 0.05) is 25.1 Å². The number of hydrogen-bond acceptors (Lipinski definition) is 0. The van der Waals surface area contributed by atoms with Gasteiger partial charge < -0.3 is 0 Å². The van der Waals surface area contributed by atoms with Crippen molar-refractivity contribution in [3.8, 4) is 0 Å². The molecule has 220 valence electrons. The molecule has 0 aliphatic carbocycles. The van der Waals surface area contributed by atoms with E-state index >= 15 is 0 Å². The molecular weight excluding hydrogens is 691 g/mol. The van der Waals surface area contributed by atoms with Crippen molar-refractivity contribution in [3.63, 3.8) is 0 Å². The minimum atomic E-state index is -0.559. The van der Waals surface area contributed by atoms with Crippen LogP contribution in [0.5, 0.6) is 0 Å². The predicted octanol–water partition coefficient (Wildman–Crippen LogP) is 10.7. The molecule has 1 unspecified atom stereocenters. The molecular formula is C35H30Cl5P3. The van der Waals surface area contributed by atoms with Crippen molar-refractivity contribution in [1.29, 1.82) is 0 Å². The van der Waals surface area contributed by atoms with E-state index in [2.05, 4.69) is 60.7 Å². The van der Waals surface area contributed by atoms with Gasteiger partial charge in [-0.05, 0) is 134 Å². The monoisotopic (exact) mass is 718 g/mol. The molecule has 0 saturated heterocycles. The molecule has 0 N–H and O–H groups in total. The van der Waals surface area contributed by atoms with Crippen molar-refractivity contribution in [2.45, 2.75) is 6.42 Å². The molecule has 0 amide bonds. The lowest BCUT2D eigenvalue weighted by Crippen LogP contribution is -2.18. The standard InChI is InChI=1S/C35H30Cl5P3/c36-26-2-12-31(13-3-26)41(24-25-43(34-18-8-29(39)9-19-34)35-20-10-30(40)11-21-35)22-1-23-42(32-14-4-27(37)5-15-32)33-16-6-28(38)7-17-33/h2-21H,1,22-25H2. The fourth-order valence-electron chi connectivity index (χ4n) is 4.96. The van der Waals surface area contributed by atoms with Crippen LogP contribution in [0, 0.1) is 0 Å². The maximum absolute atomic E-state index is 6.31. The average Bonchev–Trinajstić information content (AvgIpc) is 3.02. The Balaban J connectivity index is 1.37. The van der Waals surface area contributed by atoms with Gasteiger partial charge in [-0.15, -0.1) is 0 Å². The summed E-state index contributed by atoms with van der Waals surface area (Å²) in [5.74, 6) is 0. The van der Waals surface area contributed by atoms with Gasteiger partial charge >= 0.3 is 0 Å². The summed E-state index contributed by atoms with van der Waals surface area (Å²) in [6.45, 7) is 0. The van der Waals surface area contributed by atoms with Crippen LogP contribution in [-0.4, -0.2) is 24.6 Å². The van der Waals surface area contributed by atoms with Crippen molar-refractivity contribution < 1.29 is 0 Å². The van der Waals surface area contributed by atoms with Crippen molar-refractivity contribution in [2.24, 2.45) is 0 Å². The van der Waals surface area contributed by atoms with E-state index < -0.39 is 23.8 Å². The molecule has 5 aromatic rings. The fourth-order valence-corrected chi connectivity index (χ4v) is 13.6. The SMILES string of the molecule is Clc1ccc(P(CCCP(c2ccc(Cl)cc2)c2ccc(Cl)cc2)CCP(c2ccc(Cl)cc2)c2ccc(Cl)cc2)cc1. The van der Waals surface area contributed by atoms with Crippen LogP contribution in [0.3, 0.4) is 0 Å². The molecule has 0 aliphatic heterocycles. The molecule has 5 rings (SSSR count). The number of hydrogen-bond donors (Lipinski definition) is 0. The van der Waals surface area contributed by atoms with Crippen molar-refractivity contribution in [1.82, 2.24) is 0 Å². The molecule has 0 fully saturated rings. The van der Waals surface area contributed by atoms with Crippen molar-refractivity contribution >= 4 is 108 Å². The van der Waals surface area contributed by atoms with E-state index in [1.807, 2.05) is 60.7 Å². The first-order valence-electron chi connectivity index (χ1n) is 13.9. The quantitative estimate of drug-likeness (QED) is 0.113. The second-order valence-electron chi connectivity index (χ2n) is 10.0. The third-order valence-electron chi connectivity index (χ3n) is 7.15. The molecule has 8 heteroatoms. The summed E-state index contributed by atoms with van der Waals surface area (Å²) < 4.78 is 0. The summed E-state index contributed by atoms with van der Waals surface area (Å²) in [6.07, 6.45) is 5.62. The highest BCUT2D eigenvalue weighted by molar-refractivity contribution is 7.74. The first kappa shape index (κ1) is 33.2. The molecule has 43 heavy (non-hydrogen) atoms. The van der Waals surface area contributed by atoms with E-state index in [0.29, 0.717) is 0 Å². The zero-order valence-corrected chi connectivity index (χ0v) is 29.8. The number of halogens is 5. The Morgan fingerprint density at radius 1 is 0.302 bits per heavy atom. The van der Waals surface area contributed by atoms with Crippen molar-refractivity contribution in [3.05, 3.63) is 146 Å². The maximum atomic E-state index is 6.31. The lowest BCUT2D eigenvalue weighted by atomic mass is 10.4. The van der Waals surface area contributed by atoms with Gasteiger partial charge in [0.05, 0.1) is 0 Å². The third-order valence-corrected chi connectivity index (χ3v) is 16.5. The van der Waals surface area contributed by atoms with Crippen LogP contribution in [0.1, 0.15) is 6.42 Å². The van der Waals surface area contributed by atoms with Crippen molar-refractivity contribution in [2.75, 3.05) is 24.6 Å². The molecule has 0 radical (unpaired) electrons. The first-order valence-corrected chi connectivity index (χ1v) is 20.6. The second kappa shape index (κ2) is 16.4. The molecule has 0 nitrogen and oxygen atoms in total. The highest BCUT2D eigenvalue weighted by atomic mass is 35.5. The van der Waals surface area contributed by atoms with Crippen LogP contribution in [0.2, 0.25) is 25.1 Å². The molecule has 0 aromatic heterocycles. The molecule has 1 atom stereocenters. The van der Waals surface area contributed by atoms with Gasteiger partial charge in [-0.2, -0.15) is 0 Å². The van der Waals surface area contributed by atoms with Gasteiger partial charge in [-0.1, -0.05) is 127 Å². The molecule has 0 bridgehead atoms. The van der Waals surface area contributed by atoms with E-state index in [-0.39, 0.29) is 0 Å². The normalized spacial score (nSPS) is 12.2. The molecule has 0 aliphatic rings. The van der Waals surface area contributed by atoms with Crippen LogP contribution in [-0.2, 0) is 0 Å². The van der Waals surface area contributed by atoms with Crippen LogP contribution in [0.25, 0.3) is 0 Å². The largest absolute Gasteiger partial charge is 0.0843 e. The summed E-state index contributed by atoms with van der Waals surface area (Å²) in [5.41, 5.74) is 0. The fraction of sp³-hybridized carbons (Fsp3) is 0.143. The van der Waals surface area contributed by atoms with E-state index in [9.17, 15) is 0 Å². The zero-order chi connectivity index (χ0) is 30.2. The summed E-state index contributed by atoms with van der Waals surface area (Å²) in [5, 5.41) is 10.6. The van der Waals surface area contributed by atoms with E-state index in [1.54, 1.807) is 0 Å². The van der Waals surface area contributed by atoms with E-state index in [4.69, 9.17) is 58.0 Å². The average molecular weight is 721 g/mol. The van der Waals surface area contributed by atoms with Gasteiger partial charge in [-0.3, -0.25) is 0 Å². The Kier molecular flexibility index (Phi) is 12.7. The number of rotatable bonds is 12. The summed E-state index contributed by atoms with van der Waals surface area (Å²) in [7, 11) is -1.49. The van der Waals surface area contributed by atoms with Crippen LogP contribution in [0.15, 0.2) is 121 Å². The maximum Gasteiger partial charge on any atom is 0.0406 e. The second-order valence-corrected chi connectivity index (χ2v) is 19.4. The highest BCUT2D eigenvalue weighted by Crippen LogP contribution is 2.44. The van der Waals surface area contributed by atoms with Gasteiger partial charge in [0.2, 0.25) is 0 Å². The molecule has 5 aromatic carbocycles. The van der Waals surface area contributed by atoms with Crippen LogP contribution < -0.4 is 26.5 Å². The summed E-state index contributed by atoms with van der Waals surface area (Å²) >= 11 is 31.3. The Morgan fingerprint density at radius 2 is 0.581 bits per heavy atom. The lowest BCUT2D eigenvalue weighted by Gasteiger charge is -2.25. The van der Waals surface area contributed by atoms with E-state index in [0.717, 1.165) is 56.2 Å². The van der Waals surface area contributed by atoms with E-state index in [1.165, 1.54) is 26.5 Å². The smallest absolute Gasteiger partial charge is 0.0406 e. The zero-order valence-electron chi connectivity index (χ0n) is 23.3. The highest BCUT2D eigenvalue weighted by Gasteiger charge is 2.20. The Labute approximate surface area is 283 Å². The lowest BCUT2D eigenvalue weighted by molar-refractivity contribution is 1.11.